The number of carbonyl (C=O) groups excluding carboxylic acids is 1. The number of hydrogen-bond acceptors (Lipinski definition) is 2. The Morgan fingerprint density at radius 2 is 2.00 bits per heavy atom. The van der Waals surface area contributed by atoms with Crippen molar-refractivity contribution >= 4 is 6.03 Å². The summed E-state index contributed by atoms with van der Waals surface area (Å²) in [5.74, 6) is 0.772. The van der Waals surface area contributed by atoms with Crippen LogP contribution >= 0.6 is 0 Å². The molecule has 4 nitrogen and oxygen atoms in total. The number of nitrogens with two attached hydrogens (primary N) is 1. The number of likely N-dealkylation sites (tertiary alicyclic amines) is 1. The predicted molar refractivity (Wildman–Crippen MR) is 66.3 cm³/mol. The first-order valence-electron chi connectivity index (χ1n) is 6.47. The van der Waals surface area contributed by atoms with E-state index in [0.717, 1.165) is 64.2 Å². The Balaban J connectivity index is 2.06. The molecule has 16 heavy (non-hydrogen) atoms. The fraction of sp³-hybridized carbons (Fsp3) is 0.917. The average Bonchev–Trinajstić information content (AvgIpc) is 2.29. The summed E-state index contributed by atoms with van der Waals surface area (Å²) in [4.78, 5) is 13.7. The van der Waals surface area contributed by atoms with E-state index in [-0.39, 0.29) is 6.03 Å². The molecule has 94 valence electrons. The number of urea groups is 1. The van der Waals surface area contributed by atoms with E-state index in [0.29, 0.717) is 0 Å². The second kappa shape index (κ2) is 7.49. The van der Waals surface area contributed by atoms with Crippen molar-refractivity contribution in [3.63, 3.8) is 0 Å². The highest BCUT2D eigenvalue weighted by Gasteiger charge is 2.19. The van der Waals surface area contributed by atoms with Gasteiger partial charge in [0.05, 0.1) is 0 Å². The Morgan fingerprint density at radius 1 is 1.31 bits per heavy atom. The van der Waals surface area contributed by atoms with Crippen molar-refractivity contribution in [1.82, 2.24) is 10.2 Å². The Labute approximate surface area is 98.6 Å². The highest BCUT2D eigenvalue weighted by molar-refractivity contribution is 5.74. The van der Waals surface area contributed by atoms with Gasteiger partial charge in [0.15, 0.2) is 0 Å². The van der Waals surface area contributed by atoms with Gasteiger partial charge in [-0.2, -0.15) is 0 Å². The Kier molecular flexibility index (Phi) is 6.23. The number of unbranched alkanes of at least 4 members (excludes halogenated alkanes) is 2. The zero-order chi connectivity index (χ0) is 11.8. The Bertz CT molecular complexity index is 200. The minimum atomic E-state index is 0.111. The largest absolute Gasteiger partial charge is 0.338 e. The second-order valence-corrected chi connectivity index (χ2v) is 4.75. The van der Waals surface area contributed by atoms with E-state index in [1.807, 2.05) is 4.90 Å². The average molecular weight is 227 g/mol. The molecule has 0 atom stereocenters. The van der Waals surface area contributed by atoms with Crippen LogP contribution in [0.15, 0.2) is 0 Å². The molecule has 2 amide bonds. The molecule has 0 radical (unpaired) electrons. The van der Waals surface area contributed by atoms with Crippen molar-refractivity contribution in [3.8, 4) is 0 Å². The molecular formula is C12H25N3O. The van der Waals surface area contributed by atoms with E-state index >= 15 is 0 Å². The number of rotatable bonds is 5. The predicted octanol–water partition coefficient (Wildman–Crippen LogP) is 1.56. The lowest BCUT2D eigenvalue weighted by Crippen LogP contribution is -2.44. The molecule has 4 heteroatoms. The molecule has 0 aromatic heterocycles. The monoisotopic (exact) mass is 227 g/mol. The standard InChI is InChI=1S/C12H25N3O/c1-11-5-9-15(10-6-11)12(16)14-8-4-2-3-7-13/h11H,2-10,13H2,1H3,(H,14,16). The molecule has 0 bridgehead atoms. The van der Waals surface area contributed by atoms with Crippen LogP contribution in [0.2, 0.25) is 0 Å². The Hall–Kier alpha value is -0.770. The van der Waals surface area contributed by atoms with Gasteiger partial charge in [-0.05, 0) is 38.1 Å². The van der Waals surface area contributed by atoms with E-state index in [2.05, 4.69) is 12.2 Å². The van der Waals surface area contributed by atoms with Crippen molar-refractivity contribution in [2.75, 3.05) is 26.2 Å². The zero-order valence-electron chi connectivity index (χ0n) is 10.4. The fourth-order valence-electron chi connectivity index (χ4n) is 1.96. The summed E-state index contributed by atoms with van der Waals surface area (Å²) < 4.78 is 0. The second-order valence-electron chi connectivity index (χ2n) is 4.75. The normalized spacial score (nSPS) is 17.5. The molecule has 1 heterocycles. The topological polar surface area (TPSA) is 58.4 Å². The third-order valence-corrected chi connectivity index (χ3v) is 3.23. The summed E-state index contributed by atoms with van der Waals surface area (Å²) in [5.41, 5.74) is 5.40. The molecule has 0 unspecified atom stereocenters. The van der Waals surface area contributed by atoms with Crippen molar-refractivity contribution in [2.45, 2.75) is 39.0 Å². The first kappa shape index (κ1) is 13.3. The van der Waals surface area contributed by atoms with Crippen LogP contribution in [0.1, 0.15) is 39.0 Å². The molecule has 1 saturated heterocycles. The zero-order valence-corrected chi connectivity index (χ0v) is 10.4. The quantitative estimate of drug-likeness (QED) is 0.700. The third-order valence-electron chi connectivity index (χ3n) is 3.23. The molecule has 1 rings (SSSR count). The SMILES string of the molecule is CC1CCN(C(=O)NCCCCCN)CC1. The van der Waals surface area contributed by atoms with Gasteiger partial charge in [-0.3, -0.25) is 0 Å². The maximum absolute atomic E-state index is 11.7. The molecule has 0 saturated carbocycles. The molecule has 1 aliphatic rings. The van der Waals surface area contributed by atoms with Crippen LogP contribution in [-0.4, -0.2) is 37.1 Å². The van der Waals surface area contributed by atoms with Gasteiger partial charge in [-0.1, -0.05) is 13.3 Å². The number of nitrogens with zero attached hydrogens (tertiary/aromatic N) is 1. The van der Waals surface area contributed by atoms with Crippen molar-refractivity contribution in [1.29, 1.82) is 0 Å². The lowest BCUT2D eigenvalue weighted by molar-refractivity contribution is 0.174. The number of piperidine rings is 1. The van der Waals surface area contributed by atoms with Gasteiger partial charge in [-0.15, -0.1) is 0 Å². The summed E-state index contributed by atoms with van der Waals surface area (Å²) in [6, 6.07) is 0.111. The van der Waals surface area contributed by atoms with Crippen LogP contribution in [0.5, 0.6) is 0 Å². The van der Waals surface area contributed by atoms with E-state index in [1.165, 1.54) is 0 Å². The summed E-state index contributed by atoms with van der Waals surface area (Å²) in [6.45, 7) is 5.61. The summed E-state index contributed by atoms with van der Waals surface area (Å²) in [6.07, 6.45) is 5.47. The maximum atomic E-state index is 11.7. The van der Waals surface area contributed by atoms with Gasteiger partial charge in [0.25, 0.3) is 0 Å². The lowest BCUT2D eigenvalue weighted by atomic mass is 10.00. The van der Waals surface area contributed by atoms with Gasteiger partial charge in [0.1, 0.15) is 0 Å². The van der Waals surface area contributed by atoms with E-state index < -0.39 is 0 Å². The number of hydrogen-bond donors (Lipinski definition) is 2. The van der Waals surface area contributed by atoms with Gasteiger partial charge >= 0.3 is 6.03 Å². The fourth-order valence-corrected chi connectivity index (χ4v) is 1.96. The molecule has 0 spiro atoms. The molecule has 1 aliphatic heterocycles. The highest BCUT2D eigenvalue weighted by atomic mass is 16.2. The first-order valence-corrected chi connectivity index (χ1v) is 6.47. The number of nitrogens with one attached hydrogen (secondary N) is 1. The minimum Gasteiger partial charge on any atom is -0.338 e. The van der Waals surface area contributed by atoms with Crippen LogP contribution in [0.25, 0.3) is 0 Å². The molecule has 0 aliphatic carbocycles. The molecule has 3 N–H and O–H groups in total. The maximum Gasteiger partial charge on any atom is 0.317 e. The van der Waals surface area contributed by atoms with Crippen molar-refractivity contribution < 1.29 is 4.79 Å². The third kappa shape index (κ3) is 4.84. The molecule has 0 aromatic carbocycles. The van der Waals surface area contributed by atoms with Gasteiger partial charge in [0.2, 0.25) is 0 Å². The van der Waals surface area contributed by atoms with E-state index in [9.17, 15) is 4.79 Å². The van der Waals surface area contributed by atoms with Crippen molar-refractivity contribution in [3.05, 3.63) is 0 Å². The van der Waals surface area contributed by atoms with Crippen LogP contribution in [0.4, 0.5) is 4.79 Å². The summed E-state index contributed by atoms with van der Waals surface area (Å²) in [7, 11) is 0. The number of carbonyl (C=O) groups is 1. The summed E-state index contributed by atoms with van der Waals surface area (Å²) in [5, 5.41) is 2.97. The van der Waals surface area contributed by atoms with Gasteiger partial charge in [-0.25, -0.2) is 4.79 Å². The smallest absolute Gasteiger partial charge is 0.317 e. The van der Waals surface area contributed by atoms with Gasteiger partial charge < -0.3 is 16.0 Å². The Morgan fingerprint density at radius 3 is 2.62 bits per heavy atom. The first-order chi connectivity index (χ1) is 7.74. The van der Waals surface area contributed by atoms with Crippen LogP contribution in [-0.2, 0) is 0 Å². The summed E-state index contributed by atoms with van der Waals surface area (Å²) >= 11 is 0. The minimum absolute atomic E-state index is 0.111. The van der Waals surface area contributed by atoms with Crippen LogP contribution in [0, 0.1) is 5.92 Å². The van der Waals surface area contributed by atoms with Gasteiger partial charge in [0, 0.05) is 19.6 Å². The van der Waals surface area contributed by atoms with E-state index in [4.69, 9.17) is 5.73 Å². The molecule has 0 aromatic rings. The van der Waals surface area contributed by atoms with Crippen LogP contribution < -0.4 is 11.1 Å². The molecule has 1 fully saturated rings. The van der Waals surface area contributed by atoms with Crippen molar-refractivity contribution in [2.24, 2.45) is 11.7 Å². The highest BCUT2D eigenvalue weighted by Crippen LogP contribution is 2.15. The van der Waals surface area contributed by atoms with Crippen LogP contribution in [0.3, 0.4) is 0 Å². The molecular weight excluding hydrogens is 202 g/mol. The van der Waals surface area contributed by atoms with E-state index in [1.54, 1.807) is 0 Å². The number of amides is 2. The lowest BCUT2D eigenvalue weighted by Gasteiger charge is -2.30.